The van der Waals surface area contributed by atoms with Gasteiger partial charge in [-0.3, -0.25) is 14.5 Å². The molecule has 3 rings (SSSR count). The molecule has 1 aliphatic rings. The van der Waals surface area contributed by atoms with Crippen molar-refractivity contribution in [2.75, 3.05) is 18.5 Å². The van der Waals surface area contributed by atoms with Gasteiger partial charge in [-0.05, 0) is 60.7 Å². The number of nitrogens with one attached hydrogen (secondary N) is 1. The van der Waals surface area contributed by atoms with Gasteiger partial charge in [-0.15, -0.1) is 0 Å². The van der Waals surface area contributed by atoms with Crippen molar-refractivity contribution in [3.8, 4) is 0 Å². The average Bonchev–Trinajstić information content (AvgIpc) is 3.12. The normalized spacial score (nSPS) is 14.5. The van der Waals surface area contributed by atoms with E-state index < -0.39 is 0 Å². The number of carbonyl (C=O) groups excluding carboxylic acids is 3. The van der Waals surface area contributed by atoms with Crippen LogP contribution in [0.3, 0.4) is 0 Å². The SMILES string of the molecule is CCCCOC(=O)c1ccc(NC(=O)CCCN2C(=O)C(=Cc3ccc(CC)cc3)SC2=S)cc1. The molecule has 0 aliphatic carbocycles. The summed E-state index contributed by atoms with van der Waals surface area (Å²) in [6, 6.07) is 14.7. The first kappa shape index (κ1) is 26.6. The van der Waals surface area contributed by atoms with Gasteiger partial charge in [0.25, 0.3) is 5.91 Å². The Kier molecular flexibility index (Phi) is 10.0. The molecule has 1 N–H and O–H groups in total. The number of amides is 2. The molecule has 1 heterocycles. The molecule has 2 aromatic rings. The maximum absolute atomic E-state index is 12.8. The Morgan fingerprint density at radius 2 is 1.77 bits per heavy atom. The highest BCUT2D eigenvalue weighted by Gasteiger charge is 2.31. The summed E-state index contributed by atoms with van der Waals surface area (Å²) in [7, 11) is 0. The molecule has 35 heavy (non-hydrogen) atoms. The van der Waals surface area contributed by atoms with E-state index in [9.17, 15) is 14.4 Å². The number of carbonyl (C=O) groups is 3. The number of hydrogen-bond acceptors (Lipinski definition) is 6. The number of ether oxygens (including phenoxy) is 1. The quantitative estimate of drug-likeness (QED) is 0.178. The van der Waals surface area contributed by atoms with Crippen molar-refractivity contribution in [3.63, 3.8) is 0 Å². The van der Waals surface area contributed by atoms with Crippen molar-refractivity contribution in [2.24, 2.45) is 0 Å². The Labute approximate surface area is 216 Å². The molecule has 0 spiro atoms. The largest absolute Gasteiger partial charge is 0.462 e. The molecule has 184 valence electrons. The zero-order valence-electron chi connectivity index (χ0n) is 20.0. The van der Waals surface area contributed by atoms with E-state index in [0.29, 0.717) is 40.0 Å². The highest BCUT2D eigenvalue weighted by atomic mass is 32.2. The number of anilines is 1. The van der Waals surface area contributed by atoms with Crippen molar-refractivity contribution in [3.05, 3.63) is 70.1 Å². The van der Waals surface area contributed by atoms with E-state index in [2.05, 4.69) is 24.4 Å². The van der Waals surface area contributed by atoms with Gasteiger partial charge in [0.2, 0.25) is 5.91 Å². The lowest BCUT2D eigenvalue weighted by Gasteiger charge is -2.14. The molecule has 0 saturated carbocycles. The number of rotatable bonds is 11. The number of thiocarbonyl (C=S) groups is 1. The van der Waals surface area contributed by atoms with Crippen molar-refractivity contribution >= 4 is 57.8 Å². The molecule has 1 aliphatic heterocycles. The molecule has 0 unspecified atom stereocenters. The van der Waals surface area contributed by atoms with Crippen molar-refractivity contribution < 1.29 is 19.1 Å². The van der Waals surface area contributed by atoms with Crippen LogP contribution >= 0.6 is 24.0 Å². The van der Waals surface area contributed by atoms with Crippen LogP contribution in [0.5, 0.6) is 0 Å². The fraction of sp³-hybridized carbons (Fsp3) is 0.333. The second-order valence-corrected chi connectivity index (χ2v) is 9.82. The molecular formula is C27H30N2O4S2. The van der Waals surface area contributed by atoms with E-state index in [-0.39, 0.29) is 24.2 Å². The number of nitrogens with zero attached hydrogens (tertiary/aromatic N) is 1. The first-order valence-electron chi connectivity index (χ1n) is 11.8. The molecule has 2 aromatic carbocycles. The van der Waals surface area contributed by atoms with Gasteiger partial charge in [0.15, 0.2) is 0 Å². The molecule has 8 heteroatoms. The molecule has 1 fully saturated rings. The van der Waals surface area contributed by atoms with E-state index in [1.807, 2.05) is 25.1 Å². The predicted molar refractivity (Wildman–Crippen MR) is 145 cm³/mol. The number of hydrogen-bond donors (Lipinski definition) is 1. The predicted octanol–water partition coefficient (Wildman–Crippen LogP) is 5.83. The van der Waals surface area contributed by atoms with Crippen molar-refractivity contribution in [1.82, 2.24) is 4.90 Å². The summed E-state index contributed by atoms with van der Waals surface area (Å²) >= 11 is 6.68. The monoisotopic (exact) mass is 510 g/mol. The number of esters is 1. The Morgan fingerprint density at radius 1 is 1.06 bits per heavy atom. The van der Waals surface area contributed by atoms with E-state index >= 15 is 0 Å². The van der Waals surface area contributed by atoms with Crippen LogP contribution in [0.4, 0.5) is 5.69 Å². The highest BCUT2D eigenvalue weighted by molar-refractivity contribution is 8.26. The molecule has 0 radical (unpaired) electrons. The molecule has 2 amide bonds. The zero-order chi connectivity index (χ0) is 25.2. The zero-order valence-corrected chi connectivity index (χ0v) is 21.7. The third-order valence-corrected chi connectivity index (χ3v) is 6.86. The van der Waals surface area contributed by atoms with Gasteiger partial charge >= 0.3 is 5.97 Å². The Bertz CT molecular complexity index is 1100. The Balaban J connectivity index is 1.45. The lowest BCUT2D eigenvalue weighted by molar-refractivity contribution is -0.122. The van der Waals surface area contributed by atoms with Crippen LogP contribution in [0.25, 0.3) is 6.08 Å². The lowest BCUT2D eigenvalue weighted by atomic mass is 10.1. The van der Waals surface area contributed by atoms with Gasteiger partial charge in [0, 0.05) is 18.7 Å². The molecule has 6 nitrogen and oxygen atoms in total. The summed E-state index contributed by atoms with van der Waals surface area (Å²) in [6.45, 7) is 4.92. The molecule has 1 saturated heterocycles. The van der Waals surface area contributed by atoms with Gasteiger partial charge < -0.3 is 10.1 Å². The second-order valence-electron chi connectivity index (χ2n) is 8.15. The molecule has 0 bridgehead atoms. The minimum absolute atomic E-state index is 0.124. The summed E-state index contributed by atoms with van der Waals surface area (Å²) in [5.74, 6) is -0.659. The van der Waals surface area contributed by atoms with E-state index in [1.54, 1.807) is 29.2 Å². The van der Waals surface area contributed by atoms with E-state index in [1.165, 1.54) is 17.3 Å². The third kappa shape index (κ3) is 7.77. The summed E-state index contributed by atoms with van der Waals surface area (Å²) in [5.41, 5.74) is 3.25. The van der Waals surface area contributed by atoms with Crippen molar-refractivity contribution in [1.29, 1.82) is 0 Å². The van der Waals surface area contributed by atoms with E-state index in [4.69, 9.17) is 17.0 Å². The summed E-state index contributed by atoms with van der Waals surface area (Å²) in [6.07, 6.45) is 5.34. The van der Waals surface area contributed by atoms with Crippen LogP contribution in [-0.2, 0) is 20.7 Å². The number of benzene rings is 2. The minimum Gasteiger partial charge on any atom is -0.462 e. The second kappa shape index (κ2) is 13.2. The van der Waals surface area contributed by atoms with Gasteiger partial charge in [0.1, 0.15) is 4.32 Å². The smallest absolute Gasteiger partial charge is 0.338 e. The van der Waals surface area contributed by atoms with Gasteiger partial charge in [-0.2, -0.15) is 0 Å². The molecule has 0 aromatic heterocycles. The van der Waals surface area contributed by atoms with Crippen LogP contribution in [0.15, 0.2) is 53.4 Å². The summed E-state index contributed by atoms with van der Waals surface area (Å²) < 4.78 is 5.69. The van der Waals surface area contributed by atoms with Gasteiger partial charge in [-0.1, -0.05) is 68.5 Å². The highest BCUT2D eigenvalue weighted by Crippen LogP contribution is 2.32. The van der Waals surface area contributed by atoms with Gasteiger partial charge in [0.05, 0.1) is 17.1 Å². The summed E-state index contributed by atoms with van der Waals surface area (Å²) in [5, 5.41) is 2.81. The Hall–Kier alpha value is -2.97. The molecular weight excluding hydrogens is 480 g/mol. The average molecular weight is 511 g/mol. The van der Waals surface area contributed by atoms with Crippen LogP contribution in [-0.4, -0.2) is 40.2 Å². The van der Waals surface area contributed by atoms with E-state index in [0.717, 1.165) is 24.8 Å². The maximum Gasteiger partial charge on any atom is 0.338 e. The first-order chi connectivity index (χ1) is 16.9. The van der Waals surface area contributed by atoms with Crippen LogP contribution < -0.4 is 5.32 Å². The van der Waals surface area contributed by atoms with Crippen molar-refractivity contribution in [2.45, 2.75) is 46.0 Å². The fourth-order valence-corrected chi connectivity index (χ4v) is 4.71. The number of thioether (sulfide) groups is 1. The minimum atomic E-state index is -0.369. The van der Waals surface area contributed by atoms with Crippen LogP contribution in [0.1, 0.15) is 61.0 Å². The first-order valence-corrected chi connectivity index (χ1v) is 13.0. The lowest BCUT2D eigenvalue weighted by Crippen LogP contribution is -2.29. The standard InChI is InChI=1S/C27H30N2O4S2/c1-3-5-17-33-26(32)21-12-14-22(15-13-21)28-24(30)7-6-16-29-25(31)23(35-27(29)34)18-20-10-8-19(4-2)9-11-20/h8-15,18H,3-7,16-17H2,1-2H3,(H,28,30). The number of aryl methyl sites for hydroxylation is 1. The maximum atomic E-state index is 12.8. The fourth-order valence-electron chi connectivity index (χ4n) is 3.40. The topological polar surface area (TPSA) is 75.7 Å². The Morgan fingerprint density at radius 3 is 2.43 bits per heavy atom. The van der Waals surface area contributed by atoms with Gasteiger partial charge in [-0.25, -0.2) is 4.79 Å². The number of unbranched alkanes of at least 4 members (excludes halogenated alkanes) is 1. The summed E-state index contributed by atoms with van der Waals surface area (Å²) in [4.78, 5) is 39.3. The van der Waals surface area contributed by atoms with Crippen LogP contribution in [0, 0.1) is 0 Å². The van der Waals surface area contributed by atoms with Crippen LogP contribution in [0.2, 0.25) is 0 Å². The molecule has 0 atom stereocenters. The third-order valence-electron chi connectivity index (χ3n) is 5.48.